The minimum absolute atomic E-state index is 0.0189. The Balaban J connectivity index is 1.22. The molecule has 0 saturated heterocycles. The molecule has 4 saturated carbocycles. The smallest absolute Gasteiger partial charge is 0.331 e. The number of benzene rings is 2. The first-order valence-electron chi connectivity index (χ1n) is 12.7. The minimum atomic E-state index is -0.719. The van der Waals surface area contributed by atoms with Crippen molar-refractivity contribution >= 4 is 18.0 Å². The minimum Gasteiger partial charge on any atom is -0.458 e. The lowest BCUT2D eigenvalue weighted by atomic mass is 9.52. The molecule has 4 bridgehead atoms. The van der Waals surface area contributed by atoms with Crippen LogP contribution < -0.4 is 5.32 Å². The fourth-order valence-corrected chi connectivity index (χ4v) is 6.65. The summed E-state index contributed by atoms with van der Waals surface area (Å²) in [6.07, 6.45) is 7.94. The van der Waals surface area contributed by atoms with Crippen LogP contribution in [0.4, 0.5) is 0 Å². The molecule has 0 heterocycles. The lowest BCUT2D eigenvalue weighted by molar-refractivity contribution is -0.148. The third-order valence-electron chi connectivity index (χ3n) is 8.35. The number of rotatable bonds is 7. The van der Waals surface area contributed by atoms with Gasteiger partial charge in [-0.1, -0.05) is 54.6 Å². The third-order valence-corrected chi connectivity index (χ3v) is 8.35. The number of nitrogens with one attached hydrogen (secondary N) is 1. The fraction of sp³-hybridized carbons (Fsp3) is 0.467. The quantitative estimate of drug-likeness (QED) is 0.448. The largest absolute Gasteiger partial charge is 0.458 e. The standard InChI is InChI=1S/C30H35NO4/c1-29(2,28(33)31-27-23-13-22-14-24(27)18-30(34,16-22)17-23)25-10-6-9-20(15-25)11-12-26(32)35-19-21-7-4-3-5-8-21/h3-12,15,22-24,27,34H,13-14,16-19H2,1-2H3,(H,31,33)/b12-11+/t22?,23-,24-,27?,30?/m1/s1. The van der Waals surface area contributed by atoms with E-state index in [4.69, 9.17) is 4.74 Å². The van der Waals surface area contributed by atoms with Crippen LogP contribution in [-0.2, 0) is 26.3 Å². The van der Waals surface area contributed by atoms with Gasteiger partial charge in [0.2, 0.25) is 5.91 Å². The molecule has 4 aliphatic carbocycles. The van der Waals surface area contributed by atoms with E-state index < -0.39 is 17.0 Å². The van der Waals surface area contributed by atoms with Gasteiger partial charge in [0.25, 0.3) is 0 Å². The summed E-state index contributed by atoms with van der Waals surface area (Å²) in [4.78, 5) is 25.6. The lowest BCUT2D eigenvalue weighted by Gasteiger charge is -2.58. The summed E-state index contributed by atoms with van der Waals surface area (Å²) in [6.45, 7) is 4.13. The van der Waals surface area contributed by atoms with Crippen LogP contribution in [0.25, 0.3) is 6.08 Å². The maximum atomic E-state index is 13.5. The van der Waals surface area contributed by atoms with Crippen molar-refractivity contribution in [2.75, 3.05) is 0 Å². The van der Waals surface area contributed by atoms with Gasteiger partial charge in [0, 0.05) is 12.1 Å². The van der Waals surface area contributed by atoms with E-state index in [0.717, 1.165) is 48.8 Å². The molecule has 2 aromatic carbocycles. The molecular formula is C30H35NO4. The van der Waals surface area contributed by atoms with Gasteiger partial charge in [-0.15, -0.1) is 0 Å². The number of amides is 1. The second-order valence-corrected chi connectivity index (χ2v) is 11.4. The van der Waals surface area contributed by atoms with E-state index in [1.165, 1.54) is 6.08 Å². The van der Waals surface area contributed by atoms with Gasteiger partial charge in [0.05, 0.1) is 11.0 Å². The number of aliphatic hydroxyl groups is 1. The number of carbonyl (C=O) groups excluding carboxylic acids is 2. The molecular weight excluding hydrogens is 438 g/mol. The van der Waals surface area contributed by atoms with E-state index in [2.05, 4.69) is 5.32 Å². The summed E-state index contributed by atoms with van der Waals surface area (Å²) < 4.78 is 5.32. The van der Waals surface area contributed by atoms with Crippen LogP contribution in [0.3, 0.4) is 0 Å². The summed E-state index contributed by atoms with van der Waals surface area (Å²) in [5, 5.41) is 14.2. The van der Waals surface area contributed by atoms with Gasteiger partial charge in [-0.05, 0) is 86.5 Å². The monoisotopic (exact) mass is 473 g/mol. The van der Waals surface area contributed by atoms with E-state index in [9.17, 15) is 14.7 Å². The number of carbonyl (C=O) groups is 2. The van der Waals surface area contributed by atoms with Crippen molar-refractivity contribution in [3.63, 3.8) is 0 Å². The summed E-state index contributed by atoms with van der Waals surface area (Å²) in [7, 11) is 0. The normalized spacial score (nSPS) is 29.3. The second-order valence-electron chi connectivity index (χ2n) is 11.4. The highest BCUT2D eigenvalue weighted by Crippen LogP contribution is 2.55. The van der Waals surface area contributed by atoms with Gasteiger partial charge in [-0.2, -0.15) is 0 Å². The Morgan fingerprint density at radius 3 is 2.46 bits per heavy atom. The molecule has 5 heteroatoms. The van der Waals surface area contributed by atoms with Gasteiger partial charge in [0.15, 0.2) is 0 Å². The molecule has 6 rings (SSSR count). The van der Waals surface area contributed by atoms with E-state index in [-0.39, 0.29) is 18.6 Å². The van der Waals surface area contributed by atoms with Gasteiger partial charge in [-0.3, -0.25) is 4.79 Å². The number of ether oxygens (including phenoxy) is 1. The Labute approximate surface area is 207 Å². The van der Waals surface area contributed by atoms with Crippen LogP contribution in [0, 0.1) is 17.8 Å². The number of hydrogen-bond acceptors (Lipinski definition) is 4. The van der Waals surface area contributed by atoms with E-state index >= 15 is 0 Å². The Hall–Kier alpha value is -2.92. The zero-order chi connectivity index (χ0) is 24.6. The molecule has 0 radical (unpaired) electrons. The lowest BCUT2D eigenvalue weighted by Crippen LogP contribution is -2.62. The van der Waals surface area contributed by atoms with Crippen molar-refractivity contribution in [3.05, 3.63) is 77.4 Å². The average Bonchev–Trinajstić information content (AvgIpc) is 2.83. The Morgan fingerprint density at radius 2 is 1.77 bits per heavy atom. The highest BCUT2D eigenvalue weighted by molar-refractivity contribution is 5.89. The van der Waals surface area contributed by atoms with Crippen LogP contribution in [0.5, 0.6) is 0 Å². The molecule has 4 fully saturated rings. The fourth-order valence-electron chi connectivity index (χ4n) is 6.65. The van der Waals surface area contributed by atoms with Crippen LogP contribution >= 0.6 is 0 Å². The number of hydrogen-bond donors (Lipinski definition) is 2. The Bertz CT molecular complexity index is 1110. The predicted octanol–water partition coefficient (Wildman–Crippen LogP) is 4.78. The van der Waals surface area contributed by atoms with Crippen molar-refractivity contribution in [1.29, 1.82) is 0 Å². The first-order chi connectivity index (χ1) is 16.7. The molecule has 0 aliphatic heterocycles. The van der Waals surface area contributed by atoms with Crippen molar-refractivity contribution in [2.24, 2.45) is 17.8 Å². The van der Waals surface area contributed by atoms with Crippen LogP contribution in [0.1, 0.15) is 62.6 Å². The zero-order valence-corrected chi connectivity index (χ0v) is 20.6. The van der Waals surface area contributed by atoms with E-state index in [1.807, 2.05) is 68.4 Å². The highest BCUT2D eigenvalue weighted by atomic mass is 16.5. The molecule has 5 nitrogen and oxygen atoms in total. The van der Waals surface area contributed by atoms with Gasteiger partial charge >= 0.3 is 5.97 Å². The van der Waals surface area contributed by atoms with E-state index in [1.54, 1.807) is 6.08 Å². The summed E-state index contributed by atoms with van der Waals surface area (Å²) >= 11 is 0. The molecule has 35 heavy (non-hydrogen) atoms. The summed E-state index contributed by atoms with van der Waals surface area (Å²) in [5.41, 5.74) is 1.46. The second kappa shape index (κ2) is 9.27. The zero-order valence-electron chi connectivity index (χ0n) is 20.6. The molecule has 2 aromatic rings. The molecule has 2 atom stereocenters. The Morgan fingerprint density at radius 1 is 1.06 bits per heavy atom. The van der Waals surface area contributed by atoms with Gasteiger partial charge < -0.3 is 15.2 Å². The SMILES string of the molecule is CC(C)(C(=O)NC1[C@@H]2CC3C[C@@H]1CC(O)(C3)C2)c1cccc(/C=C/C(=O)OCc2ccccc2)c1. The predicted molar refractivity (Wildman–Crippen MR) is 135 cm³/mol. The molecule has 0 aromatic heterocycles. The average molecular weight is 474 g/mol. The third kappa shape index (κ3) is 5.06. The van der Waals surface area contributed by atoms with Crippen LogP contribution in [0.15, 0.2) is 60.7 Å². The maximum Gasteiger partial charge on any atom is 0.331 e. The maximum absolute atomic E-state index is 13.5. The molecule has 184 valence electrons. The van der Waals surface area contributed by atoms with Crippen molar-refractivity contribution < 1.29 is 19.4 Å². The first-order valence-corrected chi connectivity index (χ1v) is 12.7. The Kier molecular flexibility index (Phi) is 6.30. The molecule has 2 N–H and O–H groups in total. The summed E-state index contributed by atoms with van der Waals surface area (Å²) in [5.74, 6) is 0.982. The molecule has 0 spiro atoms. The highest BCUT2D eigenvalue weighted by Gasteiger charge is 2.55. The molecule has 0 unspecified atom stereocenters. The van der Waals surface area contributed by atoms with Crippen molar-refractivity contribution in [3.8, 4) is 0 Å². The van der Waals surface area contributed by atoms with Crippen molar-refractivity contribution in [2.45, 2.75) is 69.6 Å². The van der Waals surface area contributed by atoms with Crippen LogP contribution in [-0.4, -0.2) is 28.6 Å². The molecule has 1 amide bonds. The van der Waals surface area contributed by atoms with Crippen molar-refractivity contribution in [1.82, 2.24) is 5.32 Å². The summed E-state index contributed by atoms with van der Waals surface area (Å²) in [6, 6.07) is 17.5. The number of esters is 1. The van der Waals surface area contributed by atoms with E-state index in [0.29, 0.717) is 17.8 Å². The van der Waals surface area contributed by atoms with Gasteiger partial charge in [0.1, 0.15) is 6.61 Å². The van der Waals surface area contributed by atoms with Gasteiger partial charge in [-0.25, -0.2) is 4.79 Å². The molecule has 4 aliphatic rings. The first kappa shape index (κ1) is 23.8. The topological polar surface area (TPSA) is 75.6 Å². The van der Waals surface area contributed by atoms with Crippen LogP contribution in [0.2, 0.25) is 0 Å².